The van der Waals surface area contributed by atoms with Crippen LogP contribution in [0, 0.1) is 6.92 Å². The average Bonchev–Trinajstić information content (AvgIpc) is 3.18. The van der Waals surface area contributed by atoms with Crippen molar-refractivity contribution in [1.29, 1.82) is 0 Å². The third-order valence-corrected chi connectivity index (χ3v) is 5.12. The molecule has 4 rings (SSSR count). The molecule has 0 aliphatic carbocycles. The molecule has 2 aliphatic heterocycles. The quantitative estimate of drug-likeness (QED) is 0.921. The Hall–Kier alpha value is -2.50. The molecule has 2 aliphatic rings. The van der Waals surface area contributed by atoms with Crippen LogP contribution in [0.15, 0.2) is 28.7 Å². The summed E-state index contributed by atoms with van der Waals surface area (Å²) >= 11 is 0. The second-order valence-corrected chi connectivity index (χ2v) is 6.50. The van der Waals surface area contributed by atoms with Crippen LogP contribution in [0.2, 0.25) is 0 Å². The molecule has 6 nitrogen and oxygen atoms in total. The number of nitrogens with zero attached hydrogens (tertiary/aromatic N) is 2. The number of hydrogen-bond acceptors (Lipinski definition) is 3. The lowest BCUT2D eigenvalue weighted by Crippen LogP contribution is -2.47. The van der Waals surface area contributed by atoms with Crippen molar-refractivity contribution in [3.8, 4) is 0 Å². The number of furan rings is 1. The van der Waals surface area contributed by atoms with Crippen molar-refractivity contribution >= 4 is 22.9 Å². The number of rotatable bonds is 2. The highest BCUT2D eigenvalue weighted by molar-refractivity contribution is 5.99. The maximum absolute atomic E-state index is 12.8. The van der Waals surface area contributed by atoms with Crippen molar-refractivity contribution in [3.63, 3.8) is 0 Å². The molecule has 0 atom stereocenters. The summed E-state index contributed by atoms with van der Waals surface area (Å²) in [6.07, 6.45) is 1.64. The lowest BCUT2D eigenvalue weighted by molar-refractivity contribution is 0.0636. The fraction of sp³-hybridized carbons (Fsp3) is 0.444. The molecule has 126 valence electrons. The number of piperidine rings is 1. The van der Waals surface area contributed by atoms with Crippen LogP contribution in [0.4, 0.5) is 4.79 Å². The largest absolute Gasteiger partial charge is 0.451 e. The van der Waals surface area contributed by atoms with Gasteiger partial charge in [-0.3, -0.25) is 4.79 Å². The van der Waals surface area contributed by atoms with Crippen LogP contribution in [0.1, 0.15) is 29.0 Å². The van der Waals surface area contributed by atoms with Crippen molar-refractivity contribution < 1.29 is 14.0 Å². The van der Waals surface area contributed by atoms with Gasteiger partial charge >= 0.3 is 6.03 Å². The van der Waals surface area contributed by atoms with Gasteiger partial charge in [0.2, 0.25) is 0 Å². The van der Waals surface area contributed by atoms with Crippen LogP contribution < -0.4 is 5.32 Å². The summed E-state index contributed by atoms with van der Waals surface area (Å²) in [7, 11) is 0. The van der Waals surface area contributed by atoms with Crippen LogP contribution in [0.5, 0.6) is 0 Å². The number of likely N-dealkylation sites (tertiary alicyclic amines) is 1. The van der Waals surface area contributed by atoms with Crippen molar-refractivity contribution in [3.05, 3.63) is 35.6 Å². The Morgan fingerprint density at radius 1 is 1.21 bits per heavy atom. The molecule has 2 fully saturated rings. The highest BCUT2D eigenvalue weighted by Gasteiger charge is 2.33. The van der Waals surface area contributed by atoms with E-state index in [4.69, 9.17) is 4.42 Å². The van der Waals surface area contributed by atoms with E-state index in [-0.39, 0.29) is 18.0 Å². The molecule has 2 aromatic rings. The summed E-state index contributed by atoms with van der Waals surface area (Å²) < 4.78 is 5.79. The molecule has 1 N–H and O–H groups in total. The summed E-state index contributed by atoms with van der Waals surface area (Å²) in [4.78, 5) is 28.3. The molecular formula is C18H21N3O3. The fourth-order valence-corrected chi connectivity index (χ4v) is 3.74. The lowest BCUT2D eigenvalue weighted by atomic mass is 10.0. The van der Waals surface area contributed by atoms with Crippen molar-refractivity contribution in [2.24, 2.45) is 0 Å². The second kappa shape index (κ2) is 5.85. The molecule has 0 unspecified atom stereocenters. The fourth-order valence-electron chi connectivity index (χ4n) is 3.74. The van der Waals surface area contributed by atoms with E-state index in [0.29, 0.717) is 18.8 Å². The van der Waals surface area contributed by atoms with E-state index in [1.807, 2.05) is 41.0 Å². The van der Waals surface area contributed by atoms with Gasteiger partial charge in [-0.2, -0.15) is 0 Å². The molecule has 0 saturated carbocycles. The van der Waals surface area contributed by atoms with Crippen LogP contribution in [-0.4, -0.2) is 54.0 Å². The summed E-state index contributed by atoms with van der Waals surface area (Å²) in [6, 6.07) is 7.97. The minimum absolute atomic E-state index is 0.0212. The molecule has 1 aromatic heterocycles. The molecule has 2 saturated heterocycles. The molecule has 0 bridgehead atoms. The van der Waals surface area contributed by atoms with Crippen LogP contribution in [0.25, 0.3) is 11.0 Å². The average molecular weight is 327 g/mol. The standard InChI is InChI=1S/C18H21N3O3/c1-12-14-4-2-3-5-15(14)24-16(12)17(22)20-9-6-13(7-10-20)21-11-8-19-18(21)23/h2-5,13H,6-11H2,1H3,(H,19,23). The van der Waals surface area contributed by atoms with E-state index in [1.54, 1.807) is 0 Å². The van der Waals surface area contributed by atoms with Gasteiger partial charge in [0, 0.05) is 43.2 Å². The number of para-hydroxylation sites is 1. The first-order valence-corrected chi connectivity index (χ1v) is 8.47. The Balaban J connectivity index is 1.47. The van der Waals surface area contributed by atoms with Crippen LogP contribution in [-0.2, 0) is 0 Å². The van der Waals surface area contributed by atoms with Crippen molar-refractivity contribution in [2.75, 3.05) is 26.2 Å². The minimum atomic E-state index is -0.0481. The van der Waals surface area contributed by atoms with Gasteiger partial charge in [0.1, 0.15) is 5.58 Å². The zero-order chi connectivity index (χ0) is 16.7. The van der Waals surface area contributed by atoms with Crippen LogP contribution in [0.3, 0.4) is 0 Å². The lowest BCUT2D eigenvalue weighted by Gasteiger charge is -2.35. The van der Waals surface area contributed by atoms with E-state index in [9.17, 15) is 9.59 Å². The Bertz CT molecular complexity index is 790. The maximum atomic E-state index is 12.8. The monoisotopic (exact) mass is 327 g/mol. The van der Waals surface area contributed by atoms with Gasteiger partial charge < -0.3 is 19.5 Å². The van der Waals surface area contributed by atoms with Gasteiger partial charge in [0.05, 0.1) is 0 Å². The van der Waals surface area contributed by atoms with E-state index >= 15 is 0 Å². The van der Waals surface area contributed by atoms with Crippen molar-refractivity contribution in [2.45, 2.75) is 25.8 Å². The first-order valence-electron chi connectivity index (χ1n) is 8.47. The molecular weight excluding hydrogens is 306 g/mol. The summed E-state index contributed by atoms with van der Waals surface area (Å²) in [5, 5.41) is 3.83. The van der Waals surface area contributed by atoms with Crippen LogP contribution >= 0.6 is 0 Å². The van der Waals surface area contributed by atoms with Gasteiger partial charge in [-0.25, -0.2) is 4.79 Å². The SMILES string of the molecule is Cc1c(C(=O)N2CCC(N3CCNC3=O)CC2)oc2ccccc12. The number of benzene rings is 1. The van der Waals surface area contributed by atoms with E-state index in [1.165, 1.54) is 0 Å². The number of carbonyl (C=O) groups excluding carboxylic acids is 2. The van der Waals surface area contributed by atoms with Gasteiger partial charge in [0.25, 0.3) is 5.91 Å². The Labute approximate surface area is 140 Å². The van der Waals surface area contributed by atoms with Gasteiger partial charge in [0.15, 0.2) is 5.76 Å². The van der Waals surface area contributed by atoms with E-state index < -0.39 is 0 Å². The first kappa shape index (κ1) is 15.1. The number of amides is 3. The maximum Gasteiger partial charge on any atom is 0.317 e. The number of nitrogens with one attached hydrogen (secondary N) is 1. The van der Waals surface area contributed by atoms with Gasteiger partial charge in [-0.05, 0) is 25.8 Å². The smallest absolute Gasteiger partial charge is 0.317 e. The van der Waals surface area contributed by atoms with Gasteiger partial charge in [-0.15, -0.1) is 0 Å². The molecule has 0 spiro atoms. The zero-order valence-corrected chi connectivity index (χ0v) is 13.7. The third kappa shape index (κ3) is 2.42. The normalized spacial score (nSPS) is 19.1. The number of urea groups is 1. The van der Waals surface area contributed by atoms with E-state index in [2.05, 4.69) is 5.32 Å². The predicted molar refractivity (Wildman–Crippen MR) is 90.0 cm³/mol. The number of hydrogen-bond donors (Lipinski definition) is 1. The van der Waals surface area contributed by atoms with E-state index in [0.717, 1.165) is 42.5 Å². The third-order valence-electron chi connectivity index (χ3n) is 5.12. The summed E-state index contributed by atoms with van der Waals surface area (Å²) in [5.74, 6) is 0.390. The second-order valence-electron chi connectivity index (χ2n) is 6.50. The zero-order valence-electron chi connectivity index (χ0n) is 13.7. The highest BCUT2D eigenvalue weighted by atomic mass is 16.3. The molecule has 0 radical (unpaired) electrons. The molecule has 24 heavy (non-hydrogen) atoms. The molecule has 1 aromatic carbocycles. The predicted octanol–water partition coefficient (Wildman–Crippen LogP) is 2.37. The molecule has 6 heteroatoms. The van der Waals surface area contributed by atoms with Gasteiger partial charge in [-0.1, -0.05) is 18.2 Å². The van der Waals surface area contributed by atoms with Crippen molar-refractivity contribution in [1.82, 2.24) is 15.1 Å². The number of fused-ring (bicyclic) bond motifs is 1. The topological polar surface area (TPSA) is 65.8 Å². The number of carbonyl (C=O) groups is 2. The highest BCUT2D eigenvalue weighted by Crippen LogP contribution is 2.27. The summed E-state index contributed by atoms with van der Waals surface area (Å²) in [5.41, 5.74) is 1.65. The first-order chi connectivity index (χ1) is 11.6. The Kier molecular flexibility index (Phi) is 3.67. The Morgan fingerprint density at radius 2 is 1.96 bits per heavy atom. The Morgan fingerprint density at radius 3 is 2.62 bits per heavy atom. The number of aryl methyl sites for hydroxylation is 1. The minimum Gasteiger partial charge on any atom is -0.451 e. The summed E-state index contributed by atoms with van der Waals surface area (Å²) in [6.45, 7) is 4.73. The molecule has 3 heterocycles. The molecule has 3 amide bonds.